The predicted octanol–water partition coefficient (Wildman–Crippen LogP) is 5.99. The highest BCUT2D eigenvalue weighted by Gasteiger charge is 2.19. The smallest absolute Gasteiger partial charge is 0.249 e. The molecule has 0 atom stereocenters. The van der Waals surface area contributed by atoms with Gasteiger partial charge in [-0.05, 0) is 47.4 Å². The number of benzene rings is 4. The number of primary amides is 1. The third-order valence-corrected chi connectivity index (χ3v) is 6.03. The zero-order valence-corrected chi connectivity index (χ0v) is 17.6. The molecule has 1 amide bonds. The van der Waals surface area contributed by atoms with Crippen molar-refractivity contribution in [2.45, 2.75) is 13.0 Å². The lowest BCUT2D eigenvalue weighted by Crippen LogP contribution is -2.11. The topological polar surface area (TPSA) is 48.0 Å². The fraction of sp³-hybridized carbons (Fsp3) is 0.0741. The summed E-state index contributed by atoms with van der Waals surface area (Å²) in [7, 11) is 0. The van der Waals surface area contributed by atoms with Crippen LogP contribution in [0.25, 0.3) is 21.8 Å². The summed E-state index contributed by atoms with van der Waals surface area (Å²) < 4.78 is 2.17. The Bertz CT molecular complexity index is 1420. The van der Waals surface area contributed by atoms with Crippen LogP contribution in [0.4, 0.5) is 0 Å². The molecule has 1 heterocycles. The summed E-state index contributed by atoms with van der Waals surface area (Å²) in [5, 5.41) is 2.24. The second kappa shape index (κ2) is 7.93. The van der Waals surface area contributed by atoms with Gasteiger partial charge in [0, 0.05) is 22.9 Å². The Hall–Kier alpha value is -3.56. The van der Waals surface area contributed by atoms with Crippen molar-refractivity contribution in [3.05, 3.63) is 118 Å². The van der Waals surface area contributed by atoms with Crippen molar-refractivity contribution in [2.24, 2.45) is 5.73 Å². The van der Waals surface area contributed by atoms with Gasteiger partial charge in [0.05, 0.1) is 16.1 Å². The lowest BCUT2D eigenvalue weighted by atomic mass is 9.99. The van der Waals surface area contributed by atoms with Crippen LogP contribution in [-0.2, 0) is 13.0 Å². The van der Waals surface area contributed by atoms with Crippen molar-refractivity contribution in [1.82, 2.24) is 4.57 Å². The summed E-state index contributed by atoms with van der Waals surface area (Å²) in [6.07, 6.45) is 0.848. The van der Waals surface area contributed by atoms with Gasteiger partial charge in [-0.3, -0.25) is 4.79 Å². The van der Waals surface area contributed by atoms with Gasteiger partial charge in [-0.2, -0.15) is 0 Å². The molecule has 3 nitrogen and oxygen atoms in total. The van der Waals surface area contributed by atoms with E-state index in [1.807, 2.05) is 24.3 Å². The van der Waals surface area contributed by atoms with Crippen LogP contribution in [0.3, 0.4) is 0 Å². The van der Waals surface area contributed by atoms with Crippen molar-refractivity contribution in [1.29, 1.82) is 0 Å². The van der Waals surface area contributed by atoms with Gasteiger partial charge in [0.1, 0.15) is 0 Å². The number of nitrogens with zero attached hydrogens (tertiary/aromatic N) is 1. The average molecular weight is 424 g/mol. The van der Waals surface area contributed by atoms with Crippen LogP contribution < -0.4 is 5.73 Å². The van der Waals surface area contributed by atoms with E-state index in [9.17, 15) is 4.79 Å². The van der Waals surface area contributed by atoms with Crippen molar-refractivity contribution in [2.75, 3.05) is 0 Å². The number of hydrogen-bond donors (Lipinski definition) is 1. The molecule has 0 unspecified atom stereocenters. The minimum atomic E-state index is -0.456. The van der Waals surface area contributed by atoms with Crippen LogP contribution >= 0.6 is 11.6 Å². The zero-order chi connectivity index (χ0) is 21.4. The summed E-state index contributed by atoms with van der Waals surface area (Å²) in [6.45, 7) is 0.628. The average Bonchev–Trinajstić information content (AvgIpc) is 3.11. The highest BCUT2D eigenvalue weighted by Crippen LogP contribution is 2.36. The summed E-state index contributed by atoms with van der Waals surface area (Å²) in [6, 6.07) is 31.4. The fourth-order valence-electron chi connectivity index (χ4n) is 4.31. The number of amides is 1. The Labute approximate surface area is 185 Å². The van der Waals surface area contributed by atoms with Gasteiger partial charge >= 0.3 is 0 Å². The second-order valence-corrected chi connectivity index (χ2v) is 8.04. The molecule has 31 heavy (non-hydrogen) atoms. The van der Waals surface area contributed by atoms with Gasteiger partial charge in [0.25, 0.3) is 0 Å². The van der Waals surface area contributed by atoms with Crippen molar-refractivity contribution >= 4 is 39.3 Å². The summed E-state index contributed by atoms with van der Waals surface area (Å²) in [5.74, 6) is -0.456. The first-order chi connectivity index (χ1) is 15.1. The molecule has 0 aliphatic rings. The zero-order valence-electron chi connectivity index (χ0n) is 16.8. The van der Waals surface area contributed by atoms with E-state index in [0.717, 1.165) is 28.2 Å². The number of hydrogen-bond acceptors (Lipinski definition) is 1. The minimum absolute atomic E-state index is 0.456. The molecule has 0 bridgehead atoms. The van der Waals surface area contributed by atoms with E-state index in [1.54, 1.807) is 12.1 Å². The standard InChI is InChI=1S/C27H20ClN2O/c28-23-14-6-12-21-25-22(27(29)31)13-7-15-24(25)30(26(21)23)17-20-11-5-4-10-19(20)16-18-8-2-1-3-9-18/h1-11,13-15H,16-17H2,(H2,29,31). The molecule has 5 aromatic rings. The molecule has 0 saturated carbocycles. The van der Waals surface area contributed by atoms with Gasteiger partial charge in [-0.25, -0.2) is 0 Å². The van der Waals surface area contributed by atoms with Crippen molar-refractivity contribution in [3.8, 4) is 0 Å². The highest BCUT2D eigenvalue weighted by atomic mass is 35.5. The quantitative estimate of drug-likeness (QED) is 0.371. The molecule has 1 radical (unpaired) electrons. The summed E-state index contributed by atoms with van der Waals surface area (Å²) in [5.41, 5.74) is 11.7. The molecule has 2 N–H and O–H groups in total. The predicted molar refractivity (Wildman–Crippen MR) is 127 cm³/mol. The van der Waals surface area contributed by atoms with Crippen LogP contribution in [0.1, 0.15) is 27.0 Å². The van der Waals surface area contributed by atoms with Gasteiger partial charge in [-0.15, -0.1) is 0 Å². The number of aromatic nitrogens is 1. The Balaban J connectivity index is 1.70. The molecule has 0 spiro atoms. The van der Waals surface area contributed by atoms with Crippen LogP contribution in [0.15, 0.2) is 84.9 Å². The van der Waals surface area contributed by atoms with Crippen LogP contribution in [0.5, 0.6) is 0 Å². The molecule has 0 saturated heterocycles. The maximum atomic E-state index is 12.1. The first-order valence-corrected chi connectivity index (χ1v) is 10.5. The molecule has 0 fully saturated rings. The largest absolute Gasteiger partial charge is 0.366 e. The molecule has 1 aromatic heterocycles. The number of fused-ring (bicyclic) bond motifs is 3. The van der Waals surface area contributed by atoms with Crippen LogP contribution in [0.2, 0.25) is 5.02 Å². The van der Waals surface area contributed by atoms with E-state index in [-0.39, 0.29) is 0 Å². The number of carbonyl (C=O) groups excluding carboxylic acids is 1. The molecule has 4 aromatic carbocycles. The van der Waals surface area contributed by atoms with E-state index in [2.05, 4.69) is 59.2 Å². The van der Waals surface area contributed by atoms with Gasteiger partial charge in [0.2, 0.25) is 5.91 Å². The van der Waals surface area contributed by atoms with Gasteiger partial charge in [0.15, 0.2) is 0 Å². The summed E-state index contributed by atoms with van der Waals surface area (Å²) in [4.78, 5) is 12.1. The number of carbonyl (C=O) groups is 1. The minimum Gasteiger partial charge on any atom is -0.366 e. The van der Waals surface area contributed by atoms with E-state index >= 15 is 0 Å². The molecular formula is C27H20ClN2O. The van der Waals surface area contributed by atoms with E-state index in [4.69, 9.17) is 17.3 Å². The van der Waals surface area contributed by atoms with Crippen LogP contribution in [-0.4, -0.2) is 10.5 Å². The molecular weight excluding hydrogens is 404 g/mol. The molecule has 5 rings (SSSR count). The lowest BCUT2D eigenvalue weighted by Gasteiger charge is -2.13. The van der Waals surface area contributed by atoms with E-state index < -0.39 is 5.91 Å². The number of nitrogens with two attached hydrogens (primary N) is 1. The van der Waals surface area contributed by atoms with Crippen LogP contribution in [0, 0.1) is 6.07 Å². The maximum absolute atomic E-state index is 12.1. The maximum Gasteiger partial charge on any atom is 0.249 e. The van der Waals surface area contributed by atoms with Gasteiger partial charge in [-0.1, -0.05) is 78.3 Å². The third kappa shape index (κ3) is 3.47. The summed E-state index contributed by atoms with van der Waals surface area (Å²) >= 11 is 6.64. The number of halogens is 1. The Kier molecular flexibility index (Phi) is 4.97. The SMILES string of the molecule is NC(=O)c1cccc2c1c1[c]ccc(Cl)c1n2Cc1ccccc1Cc1ccccc1. The molecule has 4 heteroatoms. The normalized spacial score (nSPS) is 11.3. The lowest BCUT2D eigenvalue weighted by molar-refractivity contribution is 0.100. The van der Waals surface area contributed by atoms with E-state index in [0.29, 0.717) is 17.1 Å². The Morgan fingerprint density at radius 3 is 2.42 bits per heavy atom. The fourth-order valence-corrected chi connectivity index (χ4v) is 4.57. The molecule has 151 valence electrons. The Morgan fingerprint density at radius 1 is 0.903 bits per heavy atom. The van der Waals surface area contributed by atoms with Gasteiger partial charge < -0.3 is 10.3 Å². The highest BCUT2D eigenvalue weighted by molar-refractivity contribution is 6.36. The molecule has 0 aliphatic heterocycles. The monoisotopic (exact) mass is 423 g/mol. The number of rotatable bonds is 5. The first kappa shape index (κ1) is 19.4. The molecule has 0 aliphatic carbocycles. The Morgan fingerprint density at radius 2 is 1.65 bits per heavy atom. The van der Waals surface area contributed by atoms with Crippen molar-refractivity contribution in [3.63, 3.8) is 0 Å². The second-order valence-electron chi connectivity index (χ2n) is 7.63. The van der Waals surface area contributed by atoms with E-state index in [1.165, 1.54) is 16.7 Å². The first-order valence-electron chi connectivity index (χ1n) is 10.1. The van der Waals surface area contributed by atoms with Crippen molar-refractivity contribution < 1.29 is 4.79 Å². The third-order valence-electron chi connectivity index (χ3n) is 5.72.